The van der Waals surface area contributed by atoms with Gasteiger partial charge >= 0.3 is 0 Å². The molecular formula is C13H17N5O3. The van der Waals surface area contributed by atoms with E-state index in [1.165, 1.54) is 0 Å². The lowest BCUT2D eigenvalue weighted by Gasteiger charge is -2.26. The van der Waals surface area contributed by atoms with E-state index < -0.39 is 0 Å². The Morgan fingerprint density at radius 1 is 1.29 bits per heavy atom. The van der Waals surface area contributed by atoms with Crippen molar-refractivity contribution in [3.8, 4) is 0 Å². The van der Waals surface area contributed by atoms with Crippen molar-refractivity contribution in [2.45, 2.75) is 6.42 Å². The highest BCUT2D eigenvalue weighted by Gasteiger charge is 2.16. The highest BCUT2D eigenvalue weighted by Crippen LogP contribution is 2.24. The molecule has 1 aromatic heterocycles. The Balaban J connectivity index is 1.58. The Kier molecular flexibility index (Phi) is 3.87. The molecule has 8 nitrogen and oxygen atoms in total. The van der Waals surface area contributed by atoms with Crippen LogP contribution >= 0.6 is 0 Å². The second-order valence-electron chi connectivity index (χ2n) is 4.83. The van der Waals surface area contributed by atoms with Crippen molar-refractivity contribution in [2.75, 3.05) is 43.9 Å². The van der Waals surface area contributed by atoms with E-state index >= 15 is 0 Å². The van der Waals surface area contributed by atoms with E-state index in [2.05, 4.69) is 15.6 Å². The number of rotatable bonds is 4. The van der Waals surface area contributed by atoms with Crippen LogP contribution in [0.1, 0.15) is 6.42 Å². The van der Waals surface area contributed by atoms with Gasteiger partial charge in [-0.25, -0.2) is 4.63 Å². The molecule has 1 aromatic carbocycles. The number of aromatic nitrogens is 2. The van der Waals surface area contributed by atoms with Crippen molar-refractivity contribution >= 4 is 28.3 Å². The summed E-state index contributed by atoms with van der Waals surface area (Å²) in [5.41, 5.74) is 8.16. The predicted molar refractivity (Wildman–Crippen MR) is 76.7 cm³/mol. The number of anilines is 2. The van der Waals surface area contributed by atoms with E-state index in [-0.39, 0.29) is 5.91 Å². The van der Waals surface area contributed by atoms with Gasteiger partial charge in [-0.15, -0.1) is 0 Å². The summed E-state index contributed by atoms with van der Waals surface area (Å²) in [6, 6.07) is 3.54. The summed E-state index contributed by atoms with van der Waals surface area (Å²) in [6.07, 6.45) is 0.414. The molecule has 21 heavy (non-hydrogen) atoms. The topological polar surface area (TPSA) is 107 Å². The standard InChI is InChI=1S/C13H17N5O3/c14-9-1-2-10(13-12(9)16-21-17-13)15-4-3-11(19)18-5-7-20-8-6-18/h1-2,15H,3-8,14H2. The molecule has 0 radical (unpaired) electrons. The van der Waals surface area contributed by atoms with Crippen LogP contribution in [0.4, 0.5) is 11.4 Å². The number of morpholine rings is 1. The number of carbonyl (C=O) groups is 1. The first-order chi connectivity index (χ1) is 10.3. The van der Waals surface area contributed by atoms with Gasteiger partial charge < -0.3 is 20.7 Å². The molecule has 0 spiro atoms. The molecular weight excluding hydrogens is 274 g/mol. The maximum atomic E-state index is 12.0. The Morgan fingerprint density at radius 2 is 2.05 bits per heavy atom. The van der Waals surface area contributed by atoms with Crippen LogP contribution in [0.2, 0.25) is 0 Å². The van der Waals surface area contributed by atoms with Crippen molar-refractivity contribution in [2.24, 2.45) is 0 Å². The van der Waals surface area contributed by atoms with Gasteiger partial charge in [-0.2, -0.15) is 0 Å². The number of hydrogen-bond acceptors (Lipinski definition) is 7. The van der Waals surface area contributed by atoms with Crippen LogP contribution in [0.3, 0.4) is 0 Å². The number of nitrogens with zero attached hydrogens (tertiary/aromatic N) is 3. The molecule has 2 aromatic rings. The van der Waals surface area contributed by atoms with Gasteiger partial charge in [0, 0.05) is 26.1 Å². The second-order valence-corrected chi connectivity index (χ2v) is 4.83. The van der Waals surface area contributed by atoms with Crippen molar-refractivity contribution in [3.05, 3.63) is 12.1 Å². The van der Waals surface area contributed by atoms with Gasteiger partial charge in [-0.3, -0.25) is 4.79 Å². The summed E-state index contributed by atoms with van der Waals surface area (Å²) in [6.45, 7) is 3.07. The molecule has 0 bridgehead atoms. The van der Waals surface area contributed by atoms with Gasteiger partial charge in [-0.05, 0) is 22.4 Å². The normalized spacial score (nSPS) is 15.3. The largest absolute Gasteiger partial charge is 0.397 e. The van der Waals surface area contributed by atoms with Crippen LogP contribution in [0.25, 0.3) is 11.0 Å². The molecule has 0 unspecified atom stereocenters. The minimum atomic E-state index is 0.121. The Bertz CT molecular complexity index is 636. The van der Waals surface area contributed by atoms with Gasteiger partial charge in [0.25, 0.3) is 0 Å². The average Bonchev–Trinajstić information content (AvgIpc) is 3.01. The lowest BCUT2D eigenvalue weighted by atomic mass is 10.2. The van der Waals surface area contributed by atoms with Gasteiger partial charge in [-0.1, -0.05) is 0 Å². The van der Waals surface area contributed by atoms with Crippen molar-refractivity contribution in [1.29, 1.82) is 0 Å². The first kappa shape index (κ1) is 13.6. The Hall–Kier alpha value is -2.35. The highest BCUT2D eigenvalue weighted by atomic mass is 16.6. The number of ether oxygens (including phenoxy) is 1. The SMILES string of the molecule is Nc1ccc(NCCC(=O)N2CCOCC2)c2nonc12. The number of carbonyl (C=O) groups excluding carboxylic acids is 1. The zero-order chi connectivity index (χ0) is 14.7. The summed E-state index contributed by atoms with van der Waals surface area (Å²) in [5.74, 6) is 0.121. The summed E-state index contributed by atoms with van der Waals surface area (Å²) >= 11 is 0. The van der Waals surface area contributed by atoms with E-state index in [4.69, 9.17) is 15.1 Å². The van der Waals surface area contributed by atoms with Crippen molar-refractivity contribution in [1.82, 2.24) is 15.2 Å². The third-order valence-corrected chi connectivity index (χ3v) is 3.46. The van der Waals surface area contributed by atoms with Crippen molar-refractivity contribution in [3.63, 3.8) is 0 Å². The molecule has 0 atom stereocenters. The van der Waals surface area contributed by atoms with Crippen LogP contribution in [0.5, 0.6) is 0 Å². The number of hydrogen-bond donors (Lipinski definition) is 2. The van der Waals surface area contributed by atoms with Crippen LogP contribution in [0, 0.1) is 0 Å². The number of amides is 1. The number of nitrogen functional groups attached to an aromatic ring is 1. The van der Waals surface area contributed by atoms with Gasteiger partial charge in [0.05, 0.1) is 24.6 Å². The fraction of sp³-hybridized carbons (Fsp3) is 0.462. The van der Waals surface area contributed by atoms with E-state index in [9.17, 15) is 4.79 Å². The smallest absolute Gasteiger partial charge is 0.224 e. The molecule has 1 aliphatic rings. The predicted octanol–water partition coefficient (Wildman–Crippen LogP) is 0.466. The molecule has 1 aliphatic heterocycles. The fourth-order valence-electron chi connectivity index (χ4n) is 2.30. The molecule has 2 heterocycles. The lowest BCUT2D eigenvalue weighted by Crippen LogP contribution is -2.41. The molecule has 8 heteroatoms. The van der Waals surface area contributed by atoms with Gasteiger partial charge in [0.1, 0.15) is 0 Å². The Morgan fingerprint density at radius 3 is 2.86 bits per heavy atom. The molecule has 0 aliphatic carbocycles. The zero-order valence-corrected chi connectivity index (χ0v) is 11.5. The summed E-state index contributed by atoms with van der Waals surface area (Å²) in [7, 11) is 0. The minimum Gasteiger partial charge on any atom is -0.397 e. The van der Waals surface area contributed by atoms with Gasteiger partial charge in [0.2, 0.25) is 5.91 Å². The van der Waals surface area contributed by atoms with E-state index in [0.29, 0.717) is 56.0 Å². The minimum absolute atomic E-state index is 0.121. The fourth-order valence-corrected chi connectivity index (χ4v) is 2.30. The number of nitrogens with two attached hydrogens (primary N) is 1. The second kappa shape index (κ2) is 5.96. The number of benzene rings is 1. The third-order valence-electron chi connectivity index (χ3n) is 3.46. The number of nitrogens with one attached hydrogen (secondary N) is 1. The maximum absolute atomic E-state index is 12.0. The van der Waals surface area contributed by atoms with E-state index in [1.54, 1.807) is 12.1 Å². The van der Waals surface area contributed by atoms with Crippen LogP contribution < -0.4 is 11.1 Å². The Labute approximate surface area is 121 Å². The monoisotopic (exact) mass is 291 g/mol. The van der Waals surface area contributed by atoms with Crippen molar-refractivity contribution < 1.29 is 14.2 Å². The highest BCUT2D eigenvalue weighted by molar-refractivity contribution is 5.95. The molecule has 1 amide bonds. The summed E-state index contributed by atoms with van der Waals surface area (Å²) in [4.78, 5) is 13.8. The number of fused-ring (bicyclic) bond motifs is 1. The van der Waals surface area contributed by atoms with Crippen LogP contribution in [0.15, 0.2) is 16.8 Å². The summed E-state index contributed by atoms with van der Waals surface area (Å²) < 4.78 is 9.93. The van der Waals surface area contributed by atoms with Gasteiger partial charge in [0.15, 0.2) is 11.0 Å². The molecule has 3 rings (SSSR count). The first-order valence-corrected chi connectivity index (χ1v) is 6.86. The molecule has 112 valence electrons. The first-order valence-electron chi connectivity index (χ1n) is 6.86. The lowest BCUT2D eigenvalue weighted by molar-refractivity contribution is -0.134. The molecule has 1 saturated heterocycles. The molecule has 1 fully saturated rings. The van der Waals surface area contributed by atoms with E-state index in [0.717, 1.165) is 5.69 Å². The average molecular weight is 291 g/mol. The summed E-state index contributed by atoms with van der Waals surface area (Å²) in [5, 5.41) is 10.8. The maximum Gasteiger partial charge on any atom is 0.224 e. The van der Waals surface area contributed by atoms with Crippen LogP contribution in [-0.4, -0.2) is 54.0 Å². The van der Waals surface area contributed by atoms with Crippen LogP contribution in [-0.2, 0) is 9.53 Å². The molecule has 3 N–H and O–H groups in total. The van der Waals surface area contributed by atoms with E-state index in [1.807, 2.05) is 4.90 Å². The zero-order valence-electron chi connectivity index (χ0n) is 11.5. The quantitative estimate of drug-likeness (QED) is 0.788. The third kappa shape index (κ3) is 2.89. The molecule has 0 saturated carbocycles.